The smallest absolute Gasteiger partial charge is 0.305 e. The third-order valence-corrected chi connectivity index (χ3v) is 2.99. The molecule has 0 aromatic heterocycles. The molecule has 0 aromatic rings. The van der Waals surface area contributed by atoms with Crippen LogP contribution in [0, 0.1) is 0 Å². The molecule has 0 N–H and O–H groups in total. The number of Topliss-reactive ketones (excluding diaryl/α,β-unsaturated/α-hetero) is 1. The molecule has 0 radical (unpaired) electrons. The van der Waals surface area contributed by atoms with Crippen molar-refractivity contribution in [3.8, 4) is 0 Å². The fraction of sp³-hybridized carbons (Fsp3) is 0.714. The lowest BCUT2D eigenvalue weighted by Gasteiger charge is -2.02. The van der Waals surface area contributed by atoms with Gasteiger partial charge in [0.1, 0.15) is 0 Å². The zero-order valence-electron chi connectivity index (χ0n) is 10.7. The molecule has 1 aliphatic rings. The van der Waals surface area contributed by atoms with Gasteiger partial charge in [-0.15, -0.1) is 0 Å². The van der Waals surface area contributed by atoms with Gasteiger partial charge in [-0.25, -0.2) is 0 Å². The third-order valence-electron chi connectivity index (χ3n) is 2.99. The second-order valence-corrected chi connectivity index (χ2v) is 4.41. The Labute approximate surface area is 103 Å². The molecule has 96 valence electrons. The highest BCUT2D eigenvalue weighted by Crippen LogP contribution is 2.20. The van der Waals surface area contributed by atoms with Crippen LogP contribution < -0.4 is 0 Å². The van der Waals surface area contributed by atoms with Crippen LogP contribution in [0.2, 0.25) is 0 Å². The standard InChI is InChI=1S/C14H22O3/c1-2-17-14(16)11-7-6-9-12-8-4-3-5-10-13(12)15/h9H,2-8,10-11H2,1H3. The van der Waals surface area contributed by atoms with Gasteiger partial charge in [0.2, 0.25) is 0 Å². The largest absolute Gasteiger partial charge is 0.466 e. The minimum Gasteiger partial charge on any atom is -0.466 e. The van der Waals surface area contributed by atoms with E-state index in [0.29, 0.717) is 25.2 Å². The molecule has 0 bridgehead atoms. The highest BCUT2D eigenvalue weighted by molar-refractivity contribution is 5.95. The molecule has 0 atom stereocenters. The van der Waals surface area contributed by atoms with E-state index < -0.39 is 0 Å². The van der Waals surface area contributed by atoms with Crippen molar-refractivity contribution in [2.75, 3.05) is 6.61 Å². The van der Waals surface area contributed by atoms with E-state index >= 15 is 0 Å². The lowest BCUT2D eigenvalue weighted by molar-refractivity contribution is -0.143. The van der Waals surface area contributed by atoms with Gasteiger partial charge in [0.05, 0.1) is 6.61 Å². The number of ether oxygens (including phenoxy) is 1. The lowest BCUT2D eigenvalue weighted by atomic mass is 10.0. The van der Waals surface area contributed by atoms with Crippen molar-refractivity contribution >= 4 is 11.8 Å². The van der Waals surface area contributed by atoms with E-state index in [0.717, 1.165) is 44.1 Å². The van der Waals surface area contributed by atoms with Gasteiger partial charge in [-0.1, -0.05) is 12.5 Å². The van der Waals surface area contributed by atoms with E-state index in [4.69, 9.17) is 4.74 Å². The maximum atomic E-state index is 11.7. The van der Waals surface area contributed by atoms with Gasteiger partial charge in [-0.3, -0.25) is 9.59 Å². The van der Waals surface area contributed by atoms with Crippen molar-refractivity contribution in [3.63, 3.8) is 0 Å². The van der Waals surface area contributed by atoms with Crippen molar-refractivity contribution in [1.82, 2.24) is 0 Å². The molecule has 17 heavy (non-hydrogen) atoms. The zero-order valence-corrected chi connectivity index (χ0v) is 10.7. The van der Waals surface area contributed by atoms with Crippen LogP contribution >= 0.6 is 0 Å². The third kappa shape index (κ3) is 5.66. The molecule has 0 spiro atoms. The van der Waals surface area contributed by atoms with Gasteiger partial charge in [0.15, 0.2) is 5.78 Å². The zero-order chi connectivity index (χ0) is 12.5. The van der Waals surface area contributed by atoms with Crippen LogP contribution in [0.1, 0.15) is 58.3 Å². The molecule has 0 saturated heterocycles. The minimum atomic E-state index is -0.141. The van der Waals surface area contributed by atoms with Gasteiger partial charge in [-0.05, 0) is 44.6 Å². The number of allylic oxidation sites excluding steroid dienone is 2. The van der Waals surface area contributed by atoms with E-state index in [1.807, 2.05) is 13.0 Å². The highest BCUT2D eigenvalue weighted by atomic mass is 16.5. The van der Waals surface area contributed by atoms with Gasteiger partial charge in [0.25, 0.3) is 0 Å². The Kier molecular flexibility index (Phi) is 6.60. The molecular weight excluding hydrogens is 216 g/mol. The SMILES string of the molecule is CCOC(=O)CCCC=C1CCCCCC1=O. The average Bonchev–Trinajstić information content (AvgIpc) is 2.50. The first kappa shape index (κ1) is 13.9. The molecule has 0 aromatic carbocycles. The predicted molar refractivity (Wildman–Crippen MR) is 66.7 cm³/mol. The Morgan fingerprint density at radius 1 is 1.29 bits per heavy atom. The Morgan fingerprint density at radius 3 is 2.82 bits per heavy atom. The summed E-state index contributed by atoms with van der Waals surface area (Å²) in [5, 5.41) is 0. The molecule has 1 fully saturated rings. The van der Waals surface area contributed by atoms with Crippen molar-refractivity contribution in [3.05, 3.63) is 11.6 Å². The van der Waals surface area contributed by atoms with Gasteiger partial charge < -0.3 is 4.74 Å². The number of ketones is 1. The van der Waals surface area contributed by atoms with Gasteiger partial charge >= 0.3 is 5.97 Å². The lowest BCUT2D eigenvalue weighted by Crippen LogP contribution is -2.03. The highest BCUT2D eigenvalue weighted by Gasteiger charge is 2.12. The van der Waals surface area contributed by atoms with E-state index in [1.165, 1.54) is 0 Å². The maximum Gasteiger partial charge on any atom is 0.305 e. The van der Waals surface area contributed by atoms with Crippen molar-refractivity contribution < 1.29 is 14.3 Å². The summed E-state index contributed by atoms with van der Waals surface area (Å²) in [7, 11) is 0. The number of carbonyl (C=O) groups is 2. The van der Waals surface area contributed by atoms with E-state index in [1.54, 1.807) is 0 Å². The second-order valence-electron chi connectivity index (χ2n) is 4.41. The van der Waals surface area contributed by atoms with E-state index in [2.05, 4.69) is 0 Å². The number of rotatable bonds is 5. The number of hydrogen-bond acceptors (Lipinski definition) is 3. The van der Waals surface area contributed by atoms with Crippen LogP contribution in [0.25, 0.3) is 0 Å². The maximum absolute atomic E-state index is 11.7. The summed E-state index contributed by atoms with van der Waals surface area (Å²) in [6.07, 6.45) is 8.97. The summed E-state index contributed by atoms with van der Waals surface area (Å²) >= 11 is 0. The number of carbonyl (C=O) groups excluding carboxylic acids is 2. The summed E-state index contributed by atoms with van der Waals surface area (Å²) in [4.78, 5) is 22.8. The Balaban J connectivity index is 2.27. The van der Waals surface area contributed by atoms with Crippen LogP contribution in [0.5, 0.6) is 0 Å². The van der Waals surface area contributed by atoms with Crippen LogP contribution in [-0.2, 0) is 14.3 Å². The first-order valence-electron chi connectivity index (χ1n) is 6.62. The van der Waals surface area contributed by atoms with Crippen LogP contribution in [0.4, 0.5) is 0 Å². The molecule has 1 saturated carbocycles. The van der Waals surface area contributed by atoms with Gasteiger partial charge in [0, 0.05) is 12.8 Å². The van der Waals surface area contributed by atoms with E-state index in [-0.39, 0.29) is 5.97 Å². The minimum absolute atomic E-state index is 0.141. The molecule has 1 rings (SSSR count). The summed E-state index contributed by atoms with van der Waals surface area (Å²) < 4.78 is 4.85. The molecule has 3 heteroatoms. The molecule has 0 aliphatic heterocycles. The fourth-order valence-corrected chi connectivity index (χ4v) is 2.05. The molecule has 3 nitrogen and oxygen atoms in total. The number of unbranched alkanes of at least 4 members (excludes halogenated alkanes) is 1. The van der Waals surface area contributed by atoms with Crippen molar-refractivity contribution in [2.24, 2.45) is 0 Å². The molecule has 0 heterocycles. The summed E-state index contributed by atoms with van der Waals surface area (Å²) in [5.74, 6) is 0.164. The van der Waals surface area contributed by atoms with Crippen molar-refractivity contribution in [2.45, 2.75) is 58.3 Å². The Hall–Kier alpha value is -1.12. The Bertz CT molecular complexity index is 292. The van der Waals surface area contributed by atoms with Gasteiger partial charge in [-0.2, -0.15) is 0 Å². The molecule has 0 unspecified atom stereocenters. The number of hydrogen-bond donors (Lipinski definition) is 0. The molecule has 0 amide bonds. The number of esters is 1. The van der Waals surface area contributed by atoms with Crippen LogP contribution in [-0.4, -0.2) is 18.4 Å². The van der Waals surface area contributed by atoms with Crippen molar-refractivity contribution in [1.29, 1.82) is 0 Å². The average molecular weight is 238 g/mol. The van der Waals surface area contributed by atoms with Crippen LogP contribution in [0.15, 0.2) is 11.6 Å². The summed E-state index contributed by atoms with van der Waals surface area (Å²) in [5.41, 5.74) is 0.978. The molecule has 1 aliphatic carbocycles. The molecular formula is C14H22O3. The monoisotopic (exact) mass is 238 g/mol. The normalized spacial score (nSPS) is 19.1. The Morgan fingerprint density at radius 2 is 2.06 bits per heavy atom. The summed E-state index contributed by atoms with van der Waals surface area (Å²) in [6.45, 7) is 2.25. The second kappa shape index (κ2) is 8.04. The predicted octanol–water partition coefficient (Wildman–Crippen LogP) is 3.18. The van der Waals surface area contributed by atoms with Crippen LogP contribution in [0.3, 0.4) is 0 Å². The first-order chi connectivity index (χ1) is 8.24. The quantitative estimate of drug-likeness (QED) is 0.320. The first-order valence-corrected chi connectivity index (χ1v) is 6.62. The van der Waals surface area contributed by atoms with E-state index in [9.17, 15) is 9.59 Å². The topological polar surface area (TPSA) is 43.4 Å². The fourth-order valence-electron chi connectivity index (χ4n) is 2.05. The summed E-state index contributed by atoms with van der Waals surface area (Å²) in [6, 6.07) is 0.